The zero-order chi connectivity index (χ0) is 8.53. The van der Waals surface area contributed by atoms with Crippen molar-refractivity contribution in [1.82, 2.24) is 0 Å². The van der Waals surface area contributed by atoms with Crippen LogP contribution in [-0.4, -0.2) is 20.9 Å². The molecule has 0 heterocycles. The molecular weight excluding hydrogens is 248 g/mol. The summed E-state index contributed by atoms with van der Waals surface area (Å²) in [6.07, 6.45) is 7.22. The predicted molar refractivity (Wildman–Crippen MR) is 54.4 cm³/mol. The van der Waals surface area contributed by atoms with E-state index in [1.54, 1.807) is 4.47 Å². The first kappa shape index (κ1) is 11.8. The fourth-order valence-electron chi connectivity index (χ4n) is 1.00. The van der Waals surface area contributed by atoms with Crippen molar-refractivity contribution in [1.29, 1.82) is 0 Å². The molecule has 0 nitrogen and oxygen atoms in total. The molecule has 0 saturated carbocycles. The summed E-state index contributed by atoms with van der Waals surface area (Å²) < 4.78 is 2.68. The molecule has 1 heteroatoms. The summed E-state index contributed by atoms with van der Waals surface area (Å²) in [4.78, 5) is 0. The van der Waals surface area contributed by atoms with Gasteiger partial charge in [-0.1, -0.05) is 0 Å². The second kappa shape index (κ2) is 8.88. The Bertz CT molecular complexity index is 71.3. The monoisotopic (exact) mass is 272 g/mol. The second-order valence-electron chi connectivity index (χ2n) is 3.18. The van der Waals surface area contributed by atoms with Crippen LogP contribution in [0.4, 0.5) is 0 Å². The second-order valence-corrected chi connectivity index (χ2v) is 7.59. The Labute approximate surface area is 82.2 Å². The van der Waals surface area contributed by atoms with Crippen molar-refractivity contribution < 1.29 is 0 Å². The Hall–Kier alpha value is 0.790. The molecule has 0 fully saturated rings. The van der Waals surface area contributed by atoms with Crippen molar-refractivity contribution >= 4 is 20.9 Å². The first-order valence-electron chi connectivity index (χ1n) is 4.92. The third-order valence-electron chi connectivity index (χ3n) is 1.86. The summed E-state index contributed by atoms with van der Waals surface area (Å²) in [5, 5.41) is 0. The zero-order valence-electron chi connectivity index (χ0n) is 8.23. The van der Waals surface area contributed by atoms with Crippen LogP contribution in [0.15, 0.2) is 0 Å². The van der Waals surface area contributed by atoms with E-state index in [4.69, 9.17) is 0 Å². The van der Waals surface area contributed by atoms with E-state index in [0.717, 1.165) is 3.97 Å². The molecule has 68 valence electrons. The molecule has 0 aromatic rings. The van der Waals surface area contributed by atoms with E-state index >= 15 is 0 Å². The number of unbranched alkanes of at least 4 members (excludes halogenated alkanes) is 2. The van der Waals surface area contributed by atoms with Crippen molar-refractivity contribution in [2.75, 3.05) is 0 Å². The van der Waals surface area contributed by atoms with E-state index in [2.05, 4.69) is 20.8 Å². The molecule has 0 aliphatic carbocycles. The summed E-state index contributed by atoms with van der Waals surface area (Å²) in [5.74, 6) is 0. The van der Waals surface area contributed by atoms with Gasteiger partial charge in [0, 0.05) is 0 Å². The molecular formula is C10H22Te. The predicted octanol–water partition coefficient (Wildman–Crippen LogP) is 3.91. The van der Waals surface area contributed by atoms with Crippen LogP contribution in [0.25, 0.3) is 0 Å². The Kier molecular flexibility index (Phi) is 9.52. The Morgan fingerprint density at radius 1 is 1.09 bits per heavy atom. The molecule has 1 unspecified atom stereocenters. The van der Waals surface area contributed by atoms with Gasteiger partial charge >= 0.3 is 82.2 Å². The van der Waals surface area contributed by atoms with Crippen LogP contribution in [0.3, 0.4) is 0 Å². The van der Waals surface area contributed by atoms with Crippen molar-refractivity contribution in [3.05, 3.63) is 0 Å². The fourth-order valence-corrected chi connectivity index (χ4v) is 4.40. The molecule has 0 N–H and O–H groups in total. The van der Waals surface area contributed by atoms with Gasteiger partial charge in [-0.3, -0.25) is 0 Å². The van der Waals surface area contributed by atoms with Crippen LogP contribution in [0.2, 0.25) is 8.43 Å². The average Bonchev–Trinajstić information content (AvgIpc) is 2.01. The third-order valence-corrected chi connectivity index (χ3v) is 5.66. The van der Waals surface area contributed by atoms with Crippen LogP contribution in [-0.2, 0) is 0 Å². The van der Waals surface area contributed by atoms with E-state index in [1.165, 1.54) is 32.1 Å². The van der Waals surface area contributed by atoms with Gasteiger partial charge in [-0.15, -0.1) is 0 Å². The third kappa shape index (κ3) is 8.70. The van der Waals surface area contributed by atoms with Crippen molar-refractivity contribution in [3.63, 3.8) is 0 Å². The Balaban J connectivity index is 3.02. The summed E-state index contributed by atoms with van der Waals surface area (Å²) >= 11 is 0.378. The molecule has 0 spiro atoms. The van der Waals surface area contributed by atoms with Gasteiger partial charge in [0.2, 0.25) is 0 Å². The van der Waals surface area contributed by atoms with Crippen molar-refractivity contribution in [2.45, 2.75) is 61.3 Å². The molecule has 0 bridgehead atoms. The first-order chi connectivity index (χ1) is 5.31. The Morgan fingerprint density at radius 2 is 1.73 bits per heavy atom. The first-order valence-corrected chi connectivity index (χ1v) is 7.92. The van der Waals surface area contributed by atoms with Crippen LogP contribution in [0.5, 0.6) is 0 Å². The Morgan fingerprint density at radius 3 is 2.27 bits per heavy atom. The van der Waals surface area contributed by atoms with Crippen LogP contribution in [0.1, 0.15) is 52.9 Å². The van der Waals surface area contributed by atoms with Gasteiger partial charge in [0.1, 0.15) is 0 Å². The summed E-state index contributed by atoms with van der Waals surface area (Å²) in [5.41, 5.74) is 0. The minimum atomic E-state index is 0.378. The van der Waals surface area contributed by atoms with E-state index in [0.29, 0.717) is 20.9 Å². The number of hydrogen-bond acceptors (Lipinski definition) is 0. The molecule has 0 aliphatic rings. The van der Waals surface area contributed by atoms with Crippen LogP contribution < -0.4 is 0 Å². The van der Waals surface area contributed by atoms with Gasteiger partial charge < -0.3 is 0 Å². The van der Waals surface area contributed by atoms with Gasteiger partial charge in [0.05, 0.1) is 0 Å². The minimum absolute atomic E-state index is 0.378. The van der Waals surface area contributed by atoms with Crippen LogP contribution in [0, 0.1) is 0 Å². The van der Waals surface area contributed by atoms with Gasteiger partial charge in [-0.05, 0) is 0 Å². The zero-order valence-corrected chi connectivity index (χ0v) is 10.6. The summed E-state index contributed by atoms with van der Waals surface area (Å²) in [6.45, 7) is 7.04. The SMILES string of the molecule is CCCC[Te]C(C)CCCC. The topological polar surface area (TPSA) is 0 Å². The van der Waals surface area contributed by atoms with E-state index < -0.39 is 0 Å². The van der Waals surface area contributed by atoms with E-state index in [-0.39, 0.29) is 0 Å². The molecule has 0 aliphatic heterocycles. The normalized spacial score (nSPS) is 13.4. The number of rotatable bonds is 7. The maximum absolute atomic E-state index is 2.45. The van der Waals surface area contributed by atoms with Gasteiger partial charge in [0.15, 0.2) is 0 Å². The summed E-state index contributed by atoms with van der Waals surface area (Å²) in [7, 11) is 0. The summed E-state index contributed by atoms with van der Waals surface area (Å²) in [6, 6.07) is 0. The molecule has 11 heavy (non-hydrogen) atoms. The van der Waals surface area contributed by atoms with Crippen molar-refractivity contribution in [2.24, 2.45) is 0 Å². The van der Waals surface area contributed by atoms with Gasteiger partial charge in [-0.25, -0.2) is 0 Å². The molecule has 0 radical (unpaired) electrons. The standard InChI is InChI=1S/C10H22Te/c1-4-6-8-10(3)11-9-7-5-2/h10H,4-9H2,1-3H3. The quantitative estimate of drug-likeness (QED) is 0.486. The van der Waals surface area contributed by atoms with E-state index in [1.807, 2.05) is 0 Å². The number of hydrogen-bond donors (Lipinski definition) is 0. The molecule has 0 aromatic carbocycles. The molecule has 0 rings (SSSR count). The molecule has 0 aromatic heterocycles. The molecule has 1 atom stereocenters. The molecule has 0 amide bonds. The maximum atomic E-state index is 2.45. The van der Waals surface area contributed by atoms with Crippen molar-refractivity contribution in [3.8, 4) is 0 Å². The van der Waals surface area contributed by atoms with Gasteiger partial charge in [-0.2, -0.15) is 0 Å². The fraction of sp³-hybridized carbons (Fsp3) is 1.00. The van der Waals surface area contributed by atoms with Crippen LogP contribution >= 0.6 is 0 Å². The van der Waals surface area contributed by atoms with E-state index in [9.17, 15) is 0 Å². The average molecular weight is 270 g/mol. The van der Waals surface area contributed by atoms with Gasteiger partial charge in [0.25, 0.3) is 0 Å². The molecule has 0 saturated heterocycles.